The summed E-state index contributed by atoms with van der Waals surface area (Å²) in [5, 5.41) is 0.678. The third kappa shape index (κ3) is 5.81. The van der Waals surface area contributed by atoms with Crippen molar-refractivity contribution in [3.05, 3.63) is 59.9 Å². The van der Waals surface area contributed by atoms with Gasteiger partial charge < -0.3 is 9.64 Å². The van der Waals surface area contributed by atoms with Crippen molar-refractivity contribution in [1.82, 2.24) is 19.6 Å². The van der Waals surface area contributed by atoms with Gasteiger partial charge in [-0.3, -0.25) is 4.79 Å². The second-order valence-corrected chi connectivity index (χ2v) is 9.77. The molecule has 180 valence electrons. The van der Waals surface area contributed by atoms with E-state index in [-0.39, 0.29) is 23.5 Å². The topological polar surface area (TPSA) is 101 Å². The summed E-state index contributed by atoms with van der Waals surface area (Å²) in [6, 6.07) is 10.0. The molecule has 1 aromatic carbocycles. The van der Waals surface area contributed by atoms with Gasteiger partial charge in [0, 0.05) is 36.8 Å². The lowest BCUT2D eigenvalue weighted by Gasteiger charge is -2.31. The van der Waals surface area contributed by atoms with E-state index in [1.807, 2.05) is 0 Å². The van der Waals surface area contributed by atoms with Crippen LogP contribution in [-0.2, 0) is 16.2 Å². The van der Waals surface area contributed by atoms with Crippen LogP contribution in [0.2, 0.25) is 0 Å². The number of amides is 1. The van der Waals surface area contributed by atoms with Crippen LogP contribution in [0.5, 0.6) is 11.6 Å². The van der Waals surface area contributed by atoms with Gasteiger partial charge in [-0.25, -0.2) is 23.1 Å². The lowest BCUT2D eigenvalue weighted by molar-refractivity contribution is -0.137. The summed E-state index contributed by atoms with van der Waals surface area (Å²) in [7, 11) is -3.29. The maximum absolute atomic E-state index is 12.9. The highest BCUT2D eigenvalue weighted by Gasteiger charge is 2.30. The van der Waals surface area contributed by atoms with Crippen molar-refractivity contribution in [1.29, 1.82) is 0 Å². The largest absolute Gasteiger partial charge is 0.439 e. The molecule has 3 heterocycles. The molecule has 1 aliphatic rings. The SMILES string of the molecule is CS(=O)(=O)NC1CCN(C(=O)c2ccc3cc(Oc4ccc(C(F)(F)F)cn4)ccc3n2)CC1. The number of carbonyl (C=O) groups excluding carboxylic acids is 1. The van der Waals surface area contributed by atoms with Crippen LogP contribution >= 0.6 is 0 Å². The Bertz CT molecular complexity index is 1310. The summed E-state index contributed by atoms with van der Waals surface area (Å²) in [5.74, 6) is 0.135. The third-order valence-corrected chi connectivity index (χ3v) is 6.09. The normalized spacial score (nSPS) is 15.5. The Morgan fingerprint density at radius 1 is 1.12 bits per heavy atom. The molecule has 0 unspecified atom stereocenters. The molecule has 2 aromatic heterocycles. The number of sulfonamides is 1. The van der Waals surface area contributed by atoms with Crippen LogP contribution in [0.3, 0.4) is 0 Å². The number of piperidine rings is 1. The van der Waals surface area contributed by atoms with Gasteiger partial charge in [-0.15, -0.1) is 0 Å². The highest BCUT2D eigenvalue weighted by atomic mass is 32.2. The van der Waals surface area contributed by atoms with E-state index in [1.54, 1.807) is 35.2 Å². The van der Waals surface area contributed by atoms with E-state index in [2.05, 4.69) is 14.7 Å². The molecule has 34 heavy (non-hydrogen) atoms. The molecule has 12 heteroatoms. The van der Waals surface area contributed by atoms with Crippen molar-refractivity contribution >= 4 is 26.8 Å². The van der Waals surface area contributed by atoms with Crippen molar-refractivity contribution in [3.8, 4) is 11.6 Å². The fourth-order valence-corrected chi connectivity index (χ4v) is 4.52. The first-order valence-electron chi connectivity index (χ1n) is 10.4. The molecule has 1 aliphatic heterocycles. The Kier molecular flexibility index (Phi) is 6.45. The monoisotopic (exact) mass is 494 g/mol. The number of alkyl halides is 3. The van der Waals surface area contributed by atoms with Gasteiger partial charge in [0.15, 0.2) is 0 Å². The van der Waals surface area contributed by atoms with E-state index in [9.17, 15) is 26.4 Å². The minimum Gasteiger partial charge on any atom is -0.439 e. The van der Waals surface area contributed by atoms with E-state index < -0.39 is 21.8 Å². The van der Waals surface area contributed by atoms with Gasteiger partial charge in [-0.2, -0.15) is 13.2 Å². The predicted molar refractivity (Wildman–Crippen MR) is 118 cm³/mol. The number of likely N-dealkylation sites (tertiary alicyclic amines) is 1. The number of fused-ring (bicyclic) bond motifs is 1. The van der Waals surface area contributed by atoms with Gasteiger partial charge in [0.05, 0.1) is 17.3 Å². The van der Waals surface area contributed by atoms with Gasteiger partial charge in [-0.05, 0) is 43.2 Å². The fourth-order valence-electron chi connectivity index (χ4n) is 3.68. The van der Waals surface area contributed by atoms with Crippen molar-refractivity contribution in [2.24, 2.45) is 0 Å². The summed E-state index contributed by atoms with van der Waals surface area (Å²) < 4.78 is 68.9. The molecule has 0 radical (unpaired) electrons. The van der Waals surface area contributed by atoms with Crippen molar-refractivity contribution in [2.75, 3.05) is 19.3 Å². The van der Waals surface area contributed by atoms with E-state index in [0.29, 0.717) is 48.8 Å². The Balaban J connectivity index is 1.43. The Morgan fingerprint density at radius 2 is 1.85 bits per heavy atom. The zero-order valence-electron chi connectivity index (χ0n) is 18.0. The van der Waals surface area contributed by atoms with Gasteiger partial charge in [-0.1, -0.05) is 6.07 Å². The van der Waals surface area contributed by atoms with Crippen LogP contribution in [0.1, 0.15) is 28.9 Å². The van der Waals surface area contributed by atoms with Crippen molar-refractivity contribution < 1.29 is 31.1 Å². The van der Waals surface area contributed by atoms with Gasteiger partial charge in [0.2, 0.25) is 15.9 Å². The van der Waals surface area contributed by atoms with E-state index in [0.717, 1.165) is 18.4 Å². The van der Waals surface area contributed by atoms with Crippen LogP contribution in [0.4, 0.5) is 13.2 Å². The molecule has 1 saturated heterocycles. The quantitative estimate of drug-likeness (QED) is 0.582. The summed E-state index contributed by atoms with van der Waals surface area (Å²) in [6.07, 6.45) is -1.62. The minimum atomic E-state index is -4.47. The first kappa shape index (κ1) is 23.9. The molecule has 0 spiro atoms. The molecule has 8 nitrogen and oxygen atoms in total. The fraction of sp³-hybridized carbons (Fsp3) is 0.318. The summed E-state index contributed by atoms with van der Waals surface area (Å²) >= 11 is 0. The zero-order chi connectivity index (χ0) is 24.5. The number of hydrogen-bond donors (Lipinski definition) is 1. The number of nitrogens with one attached hydrogen (secondary N) is 1. The number of carbonyl (C=O) groups is 1. The van der Waals surface area contributed by atoms with Crippen molar-refractivity contribution in [3.63, 3.8) is 0 Å². The molecule has 0 aliphatic carbocycles. The number of aromatic nitrogens is 2. The number of halogens is 3. The smallest absolute Gasteiger partial charge is 0.417 e. The van der Waals surface area contributed by atoms with Crippen LogP contribution in [-0.4, -0.2) is 54.6 Å². The number of ether oxygens (including phenoxy) is 1. The van der Waals surface area contributed by atoms with Crippen LogP contribution in [0.25, 0.3) is 10.9 Å². The molecule has 0 bridgehead atoms. The highest BCUT2D eigenvalue weighted by Crippen LogP contribution is 2.30. The van der Waals surface area contributed by atoms with Gasteiger partial charge >= 0.3 is 6.18 Å². The van der Waals surface area contributed by atoms with Gasteiger partial charge in [0.1, 0.15) is 11.4 Å². The van der Waals surface area contributed by atoms with Crippen molar-refractivity contribution in [2.45, 2.75) is 25.1 Å². The second-order valence-electron chi connectivity index (χ2n) is 7.99. The van der Waals surface area contributed by atoms with E-state index in [1.165, 1.54) is 0 Å². The first-order valence-corrected chi connectivity index (χ1v) is 12.3. The zero-order valence-corrected chi connectivity index (χ0v) is 18.9. The lowest BCUT2D eigenvalue weighted by Crippen LogP contribution is -2.46. The average molecular weight is 494 g/mol. The molecule has 0 atom stereocenters. The average Bonchev–Trinajstić information content (AvgIpc) is 2.77. The predicted octanol–water partition coefficient (Wildman–Crippen LogP) is 3.59. The van der Waals surface area contributed by atoms with Crippen LogP contribution in [0.15, 0.2) is 48.7 Å². The highest BCUT2D eigenvalue weighted by molar-refractivity contribution is 7.88. The second kappa shape index (κ2) is 9.18. The van der Waals surface area contributed by atoms with Crippen LogP contribution in [0, 0.1) is 0 Å². The third-order valence-electron chi connectivity index (χ3n) is 5.33. The number of benzene rings is 1. The maximum Gasteiger partial charge on any atom is 0.417 e. The summed E-state index contributed by atoms with van der Waals surface area (Å²) in [6.45, 7) is 0.831. The Labute approximate surface area is 193 Å². The molecular formula is C22H21F3N4O4S. The Morgan fingerprint density at radius 3 is 2.47 bits per heavy atom. The molecule has 1 amide bonds. The van der Waals surface area contributed by atoms with Gasteiger partial charge in [0.25, 0.3) is 5.91 Å². The summed E-state index contributed by atoms with van der Waals surface area (Å²) in [5.41, 5.74) is -0.0528. The first-order chi connectivity index (χ1) is 16.0. The number of nitrogens with zero attached hydrogens (tertiary/aromatic N) is 3. The molecular weight excluding hydrogens is 473 g/mol. The number of pyridine rings is 2. The maximum atomic E-state index is 12.9. The minimum absolute atomic E-state index is 0.0147. The Hall–Kier alpha value is -3.25. The molecule has 4 rings (SSSR count). The van der Waals surface area contributed by atoms with E-state index >= 15 is 0 Å². The van der Waals surface area contributed by atoms with Crippen LogP contribution < -0.4 is 9.46 Å². The van der Waals surface area contributed by atoms with E-state index in [4.69, 9.17) is 4.74 Å². The molecule has 0 saturated carbocycles. The lowest BCUT2D eigenvalue weighted by atomic mass is 10.1. The molecule has 1 fully saturated rings. The summed E-state index contributed by atoms with van der Waals surface area (Å²) in [4.78, 5) is 22.6. The number of rotatable bonds is 5. The molecule has 1 N–H and O–H groups in total. The standard InChI is InChI=1S/C22H21F3N4O4S/c1-34(31,32)28-16-8-10-29(11-9-16)21(30)19-5-2-14-12-17(4-6-18(14)27-19)33-20-7-3-15(13-26-20)22(23,24)25/h2-7,12-13,16,28H,8-11H2,1H3. The number of hydrogen-bond acceptors (Lipinski definition) is 6. The molecule has 3 aromatic rings.